The lowest BCUT2D eigenvalue weighted by Crippen LogP contribution is -2.49. The van der Waals surface area contributed by atoms with Gasteiger partial charge in [0, 0.05) is 12.6 Å². The maximum absolute atomic E-state index is 13.4. The molecule has 0 bridgehead atoms. The Labute approximate surface area is 192 Å². The van der Waals surface area contributed by atoms with Crippen LogP contribution in [0.5, 0.6) is 0 Å². The lowest BCUT2D eigenvalue weighted by atomic mass is 10.1. The number of benzene rings is 2. The third-order valence-electron chi connectivity index (χ3n) is 5.60. The maximum Gasteiger partial charge on any atom is 0.257 e. The van der Waals surface area contributed by atoms with Crippen LogP contribution in [0.4, 0.5) is 0 Å². The number of hydrogen-bond donors (Lipinski definition) is 0. The van der Waals surface area contributed by atoms with Crippen molar-refractivity contribution in [3.63, 3.8) is 0 Å². The third kappa shape index (κ3) is 4.29. The molecular formula is C23H27N3O4S2. The summed E-state index contributed by atoms with van der Waals surface area (Å²) in [5, 5.41) is 0.427. The van der Waals surface area contributed by atoms with Crippen molar-refractivity contribution in [2.45, 2.75) is 50.0 Å². The zero-order valence-electron chi connectivity index (χ0n) is 18.6. The molecular weight excluding hydrogens is 446 g/mol. The lowest BCUT2D eigenvalue weighted by Gasteiger charge is -2.33. The molecule has 1 aromatic heterocycles. The first-order chi connectivity index (χ1) is 15.2. The molecule has 2 aromatic carbocycles. The Morgan fingerprint density at radius 3 is 2.53 bits per heavy atom. The molecule has 1 amide bonds. The van der Waals surface area contributed by atoms with Crippen molar-refractivity contribution in [1.82, 2.24) is 14.2 Å². The summed E-state index contributed by atoms with van der Waals surface area (Å²) in [6.45, 7) is 7.95. The first-order valence-electron chi connectivity index (χ1n) is 10.6. The quantitative estimate of drug-likeness (QED) is 0.501. The van der Waals surface area contributed by atoms with Crippen LogP contribution in [-0.4, -0.2) is 53.0 Å². The van der Waals surface area contributed by atoms with E-state index in [1.54, 1.807) is 29.2 Å². The number of carbonyl (C=O) groups excluding carboxylic acids is 1. The van der Waals surface area contributed by atoms with Gasteiger partial charge in [-0.3, -0.25) is 4.79 Å². The Balaban J connectivity index is 1.54. The summed E-state index contributed by atoms with van der Waals surface area (Å²) in [5.74, 6) is -0.0813. The predicted octanol–water partition coefficient (Wildman–Crippen LogP) is 4.13. The van der Waals surface area contributed by atoms with Gasteiger partial charge < -0.3 is 9.32 Å². The molecule has 1 aliphatic rings. The number of amides is 1. The summed E-state index contributed by atoms with van der Waals surface area (Å²) in [6.07, 6.45) is -0.548. The largest absolute Gasteiger partial charge is 0.431 e. The van der Waals surface area contributed by atoms with E-state index in [9.17, 15) is 13.2 Å². The van der Waals surface area contributed by atoms with Gasteiger partial charge in [-0.15, -0.1) is 0 Å². The van der Waals surface area contributed by atoms with Crippen molar-refractivity contribution in [2.24, 2.45) is 5.92 Å². The number of hydrogen-bond acceptors (Lipinski definition) is 6. The molecule has 2 heterocycles. The highest BCUT2D eigenvalue weighted by atomic mass is 32.2. The first kappa shape index (κ1) is 22.8. The van der Waals surface area contributed by atoms with Crippen molar-refractivity contribution >= 4 is 38.8 Å². The molecule has 0 spiro atoms. The summed E-state index contributed by atoms with van der Waals surface area (Å²) in [6, 6.07) is 14.0. The van der Waals surface area contributed by atoms with Crippen LogP contribution < -0.4 is 0 Å². The van der Waals surface area contributed by atoms with Crippen LogP contribution in [0.2, 0.25) is 0 Å². The van der Waals surface area contributed by atoms with E-state index < -0.39 is 16.2 Å². The van der Waals surface area contributed by atoms with Crippen molar-refractivity contribution < 1.29 is 17.6 Å². The minimum atomic E-state index is -3.73. The fraction of sp³-hybridized carbons (Fsp3) is 0.391. The van der Waals surface area contributed by atoms with E-state index in [0.29, 0.717) is 10.8 Å². The number of carbonyl (C=O) groups is 1. The highest BCUT2D eigenvalue weighted by Crippen LogP contribution is 2.33. The topological polar surface area (TPSA) is 83.7 Å². The van der Waals surface area contributed by atoms with E-state index in [0.717, 1.165) is 11.1 Å². The molecule has 0 unspecified atom stereocenters. The average Bonchev–Trinajstić information content (AvgIpc) is 3.33. The van der Waals surface area contributed by atoms with Gasteiger partial charge in [0.2, 0.25) is 15.9 Å². The van der Waals surface area contributed by atoms with E-state index >= 15 is 0 Å². The van der Waals surface area contributed by atoms with Gasteiger partial charge in [0.05, 0.1) is 10.6 Å². The molecule has 0 radical (unpaired) electrons. The Bertz CT molecular complexity index is 1190. The molecule has 1 aliphatic heterocycles. The maximum atomic E-state index is 13.4. The van der Waals surface area contributed by atoms with Crippen molar-refractivity contribution in [1.29, 1.82) is 0 Å². The molecule has 0 N–H and O–H groups in total. The SMILES string of the molecule is Cc1ccc(S(=O)(=O)N2C[C@@H](C)N(C(=O)CSc3nc4ccccc4o3)[C@@H]2C(C)C)cc1. The van der Waals surface area contributed by atoms with E-state index in [2.05, 4.69) is 4.98 Å². The Kier molecular flexibility index (Phi) is 6.33. The zero-order valence-corrected chi connectivity index (χ0v) is 20.2. The summed E-state index contributed by atoms with van der Waals surface area (Å²) in [5.41, 5.74) is 2.41. The van der Waals surface area contributed by atoms with Crippen LogP contribution in [0, 0.1) is 12.8 Å². The minimum Gasteiger partial charge on any atom is -0.431 e. The molecule has 0 aliphatic carbocycles. The zero-order chi connectivity index (χ0) is 23.0. The third-order valence-corrected chi connectivity index (χ3v) is 8.27. The summed E-state index contributed by atoms with van der Waals surface area (Å²) < 4.78 is 34.0. The van der Waals surface area contributed by atoms with Crippen LogP contribution in [0.3, 0.4) is 0 Å². The second kappa shape index (κ2) is 8.88. The molecule has 0 saturated carbocycles. The van der Waals surface area contributed by atoms with Crippen LogP contribution >= 0.6 is 11.8 Å². The van der Waals surface area contributed by atoms with Gasteiger partial charge in [-0.1, -0.05) is 55.4 Å². The normalized spacial score (nSPS) is 19.8. The number of oxazole rings is 1. The van der Waals surface area contributed by atoms with Gasteiger partial charge in [0.1, 0.15) is 11.7 Å². The summed E-state index contributed by atoms with van der Waals surface area (Å²) >= 11 is 1.23. The van der Waals surface area contributed by atoms with E-state index in [-0.39, 0.29) is 35.1 Å². The molecule has 170 valence electrons. The van der Waals surface area contributed by atoms with Gasteiger partial charge in [0.15, 0.2) is 5.58 Å². The fourth-order valence-electron chi connectivity index (χ4n) is 4.10. The average molecular weight is 474 g/mol. The number of aryl methyl sites for hydroxylation is 1. The van der Waals surface area contributed by atoms with E-state index in [1.807, 2.05) is 52.0 Å². The number of rotatable bonds is 6. The predicted molar refractivity (Wildman–Crippen MR) is 125 cm³/mol. The molecule has 9 heteroatoms. The van der Waals surface area contributed by atoms with Crippen molar-refractivity contribution in [2.75, 3.05) is 12.3 Å². The molecule has 1 fully saturated rings. The first-order valence-corrected chi connectivity index (χ1v) is 13.0. The number of aromatic nitrogens is 1. The van der Waals surface area contributed by atoms with Gasteiger partial charge >= 0.3 is 0 Å². The molecule has 4 rings (SSSR count). The second-order valence-corrected chi connectivity index (χ2v) is 11.2. The summed E-state index contributed by atoms with van der Waals surface area (Å²) in [7, 11) is -3.73. The van der Waals surface area contributed by atoms with Gasteiger partial charge in [0.25, 0.3) is 5.22 Å². The van der Waals surface area contributed by atoms with Crippen LogP contribution in [0.25, 0.3) is 11.1 Å². The van der Waals surface area contributed by atoms with Crippen molar-refractivity contribution in [3.8, 4) is 0 Å². The minimum absolute atomic E-state index is 0.0709. The molecule has 7 nitrogen and oxygen atoms in total. The van der Waals surface area contributed by atoms with E-state index in [4.69, 9.17) is 4.42 Å². The highest BCUT2D eigenvalue weighted by Gasteiger charge is 2.47. The number of fused-ring (bicyclic) bond motifs is 1. The van der Waals surface area contributed by atoms with Crippen LogP contribution in [0.15, 0.2) is 63.1 Å². The Morgan fingerprint density at radius 1 is 1.19 bits per heavy atom. The number of para-hydroxylation sites is 2. The van der Waals surface area contributed by atoms with Gasteiger partial charge in [-0.05, 0) is 44.0 Å². The smallest absolute Gasteiger partial charge is 0.257 e. The standard InChI is InChI=1S/C23H27N3O4S2/c1-15(2)22-25(32(28,29)18-11-9-16(3)10-12-18)13-17(4)26(22)21(27)14-31-23-24-19-7-5-6-8-20(19)30-23/h5-12,15,17,22H,13-14H2,1-4H3/t17-,22-/m1/s1. The van der Waals surface area contributed by atoms with Gasteiger partial charge in [-0.2, -0.15) is 4.31 Å². The van der Waals surface area contributed by atoms with Crippen LogP contribution in [-0.2, 0) is 14.8 Å². The Morgan fingerprint density at radius 2 is 1.88 bits per heavy atom. The van der Waals surface area contributed by atoms with Crippen molar-refractivity contribution in [3.05, 3.63) is 54.1 Å². The number of thioether (sulfide) groups is 1. The number of nitrogens with zero attached hydrogens (tertiary/aromatic N) is 3. The lowest BCUT2D eigenvalue weighted by molar-refractivity contribution is -0.132. The second-order valence-electron chi connectivity index (χ2n) is 8.43. The summed E-state index contributed by atoms with van der Waals surface area (Å²) in [4.78, 5) is 19.6. The van der Waals surface area contributed by atoms with Crippen LogP contribution in [0.1, 0.15) is 26.3 Å². The molecule has 2 atom stereocenters. The Hall–Kier alpha value is -2.36. The fourth-order valence-corrected chi connectivity index (χ4v) is 6.60. The highest BCUT2D eigenvalue weighted by molar-refractivity contribution is 7.99. The molecule has 1 saturated heterocycles. The monoisotopic (exact) mass is 473 g/mol. The van der Waals surface area contributed by atoms with E-state index in [1.165, 1.54) is 16.1 Å². The number of sulfonamides is 1. The molecule has 3 aromatic rings. The molecule has 32 heavy (non-hydrogen) atoms. The van der Waals surface area contributed by atoms with Gasteiger partial charge in [-0.25, -0.2) is 13.4 Å².